The number of H-pyrrole nitrogens is 1. The Balaban J connectivity index is 1.71. The summed E-state index contributed by atoms with van der Waals surface area (Å²) in [5, 5.41) is 20.4. The molecule has 0 amide bonds. The Kier molecular flexibility index (Phi) is 5.79. The molecule has 10 heteroatoms. The van der Waals surface area contributed by atoms with Crippen molar-refractivity contribution < 1.29 is 24.5 Å². The number of aliphatic hydroxyl groups excluding tert-OH is 2. The van der Waals surface area contributed by atoms with Crippen LogP contribution in [0.2, 0.25) is 0 Å². The molecule has 0 aliphatic carbocycles. The fourth-order valence-corrected chi connectivity index (χ4v) is 3.11. The SMILES string of the molecule is Cc1ccc(C(=O)OC[C@H]2O[C@@H](n3cc(I)c(=O)[nH]c3=O)[C@H](O)[C@@H]2O)cc1. The maximum absolute atomic E-state index is 12.1. The van der Waals surface area contributed by atoms with Crippen LogP contribution in [0.15, 0.2) is 40.1 Å². The Morgan fingerprint density at radius 1 is 1.26 bits per heavy atom. The summed E-state index contributed by atoms with van der Waals surface area (Å²) in [7, 11) is 0. The number of aromatic nitrogens is 2. The summed E-state index contributed by atoms with van der Waals surface area (Å²) in [4.78, 5) is 37.6. The van der Waals surface area contributed by atoms with E-state index in [0.29, 0.717) is 5.56 Å². The zero-order chi connectivity index (χ0) is 19.7. The number of ether oxygens (including phenoxy) is 2. The predicted molar refractivity (Wildman–Crippen MR) is 101 cm³/mol. The Hall–Kier alpha value is -2.02. The largest absolute Gasteiger partial charge is 0.459 e. The summed E-state index contributed by atoms with van der Waals surface area (Å²) in [5.74, 6) is -0.598. The first-order valence-corrected chi connectivity index (χ1v) is 9.12. The van der Waals surface area contributed by atoms with Crippen LogP contribution in [0, 0.1) is 10.5 Å². The van der Waals surface area contributed by atoms with E-state index >= 15 is 0 Å². The van der Waals surface area contributed by atoms with Gasteiger partial charge in [0.05, 0.1) is 9.13 Å². The lowest BCUT2D eigenvalue weighted by Gasteiger charge is -2.17. The number of aliphatic hydroxyl groups is 2. The van der Waals surface area contributed by atoms with Crippen molar-refractivity contribution in [3.63, 3.8) is 0 Å². The molecule has 1 aliphatic heterocycles. The van der Waals surface area contributed by atoms with Gasteiger partial charge in [-0.15, -0.1) is 0 Å². The molecule has 1 aromatic carbocycles. The molecule has 0 unspecified atom stereocenters. The monoisotopic (exact) mass is 488 g/mol. The molecule has 2 aromatic rings. The van der Waals surface area contributed by atoms with Gasteiger partial charge in [0.25, 0.3) is 5.56 Å². The van der Waals surface area contributed by atoms with Gasteiger partial charge in [-0.05, 0) is 41.6 Å². The molecule has 0 bridgehead atoms. The van der Waals surface area contributed by atoms with E-state index in [1.54, 1.807) is 46.9 Å². The molecule has 4 atom stereocenters. The average Bonchev–Trinajstić information content (AvgIpc) is 2.91. The summed E-state index contributed by atoms with van der Waals surface area (Å²) in [6.07, 6.45) is -3.84. The number of hydrogen-bond donors (Lipinski definition) is 3. The summed E-state index contributed by atoms with van der Waals surface area (Å²) in [5.41, 5.74) is -0.00735. The normalized spacial score (nSPS) is 24.7. The average molecular weight is 488 g/mol. The van der Waals surface area contributed by atoms with Gasteiger partial charge in [0.15, 0.2) is 6.23 Å². The number of nitrogens with one attached hydrogen (secondary N) is 1. The summed E-state index contributed by atoms with van der Waals surface area (Å²) >= 11 is 1.73. The van der Waals surface area contributed by atoms with Crippen molar-refractivity contribution in [1.82, 2.24) is 9.55 Å². The number of halogens is 1. The van der Waals surface area contributed by atoms with E-state index in [-0.39, 0.29) is 10.2 Å². The Morgan fingerprint density at radius 3 is 2.59 bits per heavy atom. The third kappa shape index (κ3) is 4.13. The molecule has 1 saturated heterocycles. The second-order valence-electron chi connectivity index (χ2n) is 6.15. The summed E-state index contributed by atoms with van der Waals surface area (Å²) in [6, 6.07) is 6.76. The molecule has 3 rings (SSSR count). The van der Waals surface area contributed by atoms with Gasteiger partial charge in [-0.25, -0.2) is 9.59 Å². The van der Waals surface area contributed by atoms with Gasteiger partial charge in [0.1, 0.15) is 24.9 Å². The molecule has 3 N–H and O–H groups in total. The van der Waals surface area contributed by atoms with Crippen LogP contribution in [0.25, 0.3) is 0 Å². The van der Waals surface area contributed by atoms with Crippen molar-refractivity contribution in [2.45, 2.75) is 31.5 Å². The number of carbonyl (C=O) groups is 1. The number of aromatic amines is 1. The highest BCUT2D eigenvalue weighted by Gasteiger charge is 2.44. The van der Waals surface area contributed by atoms with Crippen LogP contribution in [0.3, 0.4) is 0 Å². The predicted octanol–water partition coefficient (Wildman–Crippen LogP) is -0.0742. The van der Waals surface area contributed by atoms with E-state index in [4.69, 9.17) is 9.47 Å². The number of hydrogen-bond acceptors (Lipinski definition) is 7. The van der Waals surface area contributed by atoms with Crippen LogP contribution < -0.4 is 11.2 Å². The first-order chi connectivity index (χ1) is 12.8. The van der Waals surface area contributed by atoms with Crippen LogP contribution in [-0.2, 0) is 9.47 Å². The zero-order valence-electron chi connectivity index (χ0n) is 14.2. The second kappa shape index (κ2) is 7.92. The van der Waals surface area contributed by atoms with Crippen LogP contribution in [0.1, 0.15) is 22.1 Å². The molecule has 2 heterocycles. The van der Waals surface area contributed by atoms with Gasteiger partial charge in [0.2, 0.25) is 0 Å². The number of aryl methyl sites for hydroxylation is 1. The third-order valence-corrected chi connectivity index (χ3v) is 4.97. The minimum atomic E-state index is -1.44. The van der Waals surface area contributed by atoms with E-state index in [2.05, 4.69) is 4.98 Å². The van der Waals surface area contributed by atoms with Crippen molar-refractivity contribution in [2.24, 2.45) is 0 Å². The topological polar surface area (TPSA) is 131 Å². The third-order valence-electron chi connectivity index (χ3n) is 4.20. The Labute approximate surface area is 166 Å². The lowest BCUT2D eigenvalue weighted by atomic mass is 10.1. The second-order valence-corrected chi connectivity index (χ2v) is 7.32. The van der Waals surface area contributed by atoms with Crippen molar-refractivity contribution in [3.05, 3.63) is 66.0 Å². The number of nitrogens with zero attached hydrogens (tertiary/aromatic N) is 1. The smallest absolute Gasteiger partial charge is 0.338 e. The van der Waals surface area contributed by atoms with Gasteiger partial charge in [-0.3, -0.25) is 14.3 Å². The number of benzene rings is 1. The van der Waals surface area contributed by atoms with Crippen molar-refractivity contribution in [2.75, 3.05) is 6.61 Å². The first kappa shape index (κ1) is 19.7. The van der Waals surface area contributed by atoms with E-state index < -0.39 is 41.8 Å². The quantitative estimate of drug-likeness (QED) is 0.406. The molecule has 1 fully saturated rings. The molecule has 0 saturated carbocycles. The van der Waals surface area contributed by atoms with Gasteiger partial charge in [-0.1, -0.05) is 17.7 Å². The van der Waals surface area contributed by atoms with Crippen LogP contribution in [0.5, 0.6) is 0 Å². The molecule has 0 radical (unpaired) electrons. The Bertz CT molecular complexity index is 953. The Morgan fingerprint density at radius 2 is 1.93 bits per heavy atom. The molecule has 9 nitrogen and oxygen atoms in total. The standard InChI is InChI=1S/C17H17IN2O7/c1-8-2-4-9(5-3-8)16(24)26-7-11-12(21)13(22)15(27-11)20-6-10(18)14(23)19-17(20)25/h2-6,11-13,15,21-22H,7H2,1H3,(H,19,23,25)/t11-,12-,13-,15-/m1/s1. The lowest BCUT2D eigenvalue weighted by molar-refractivity contribution is -0.0599. The van der Waals surface area contributed by atoms with E-state index in [0.717, 1.165) is 10.1 Å². The first-order valence-electron chi connectivity index (χ1n) is 8.04. The van der Waals surface area contributed by atoms with Gasteiger partial charge >= 0.3 is 11.7 Å². The minimum Gasteiger partial charge on any atom is -0.459 e. The van der Waals surface area contributed by atoms with Crippen LogP contribution >= 0.6 is 22.6 Å². The molecule has 27 heavy (non-hydrogen) atoms. The van der Waals surface area contributed by atoms with Gasteiger partial charge < -0.3 is 19.7 Å². The van der Waals surface area contributed by atoms with Crippen LogP contribution in [-0.4, -0.2) is 50.7 Å². The highest BCUT2D eigenvalue weighted by Crippen LogP contribution is 2.28. The lowest BCUT2D eigenvalue weighted by Crippen LogP contribution is -2.38. The fourth-order valence-electron chi connectivity index (χ4n) is 2.68. The van der Waals surface area contributed by atoms with Gasteiger partial charge in [-0.2, -0.15) is 0 Å². The number of rotatable bonds is 4. The fraction of sp³-hybridized carbons (Fsp3) is 0.353. The maximum Gasteiger partial charge on any atom is 0.338 e. The molecule has 0 spiro atoms. The maximum atomic E-state index is 12.1. The van der Waals surface area contributed by atoms with E-state index in [1.165, 1.54) is 6.20 Å². The molecule has 144 valence electrons. The number of carbonyl (C=O) groups excluding carboxylic acids is 1. The minimum absolute atomic E-state index is 0.215. The molecule has 1 aliphatic rings. The highest BCUT2D eigenvalue weighted by molar-refractivity contribution is 14.1. The molecule has 1 aromatic heterocycles. The van der Waals surface area contributed by atoms with Gasteiger partial charge in [0, 0.05) is 6.20 Å². The highest BCUT2D eigenvalue weighted by atomic mass is 127. The molecular formula is C17H17IN2O7. The van der Waals surface area contributed by atoms with E-state index in [1.807, 2.05) is 6.92 Å². The molecular weight excluding hydrogens is 471 g/mol. The van der Waals surface area contributed by atoms with Crippen LogP contribution in [0.4, 0.5) is 0 Å². The summed E-state index contributed by atoms with van der Waals surface area (Å²) < 4.78 is 11.9. The zero-order valence-corrected chi connectivity index (χ0v) is 16.3. The van der Waals surface area contributed by atoms with Crippen molar-refractivity contribution in [3.8, 4) is 0 Å². The van der Waals surface area contributed by atoms with Crippen molar-refractivity contribution in [1.29, 1.82) is 0 Å². The van der Waals surface area contributed by atoms with E-state index in [9.17, 15) is 24.6 Å². The summed E-state index contributed by atoms with van der Waals surface area (Å²) in [6.45, 7) is 1.58. The van der Waals surface area contributed by atoms with Crippen molar-refractivity contribution >= 4 is 28.6 Å². The number of esters is 1.